The molecule has 0 saturated heterocycles. The van der Waals surface area contributed by atoms with Crippen LogP contribution in [-0.4, -0.2) is 83.0 Å². The van der Waals surface area contributed by atoms with Crippen molar-refractivity contribution in [3.05, 3.63) is 0 Å². The molecule has 4 heteroatoms. The van der Waals surface area contributed by atoms with Crippen LogP contribution in [0.3, 0.4) is 0 Å². The number of carboxylic acids is 1. The van der Waals surface area contributed by atoms with Gasteiger partial charge < -0.3 is 5.11 Å². The van der Waals surface area contributed by atoms with Crippen molar-refractivity contribution in [1.29, 1.82) is 0 Å². The van der Waals surface area contributed by atoms with Gasteiger partial charge in [-0.3, -0.25) is 4.79 Å². The normalized spacial score (nSPS) is 4.17. The van der Waals surface area contributed by atoms with E-state index in [2.05, 4.69) is 0 Å². The van der Waals surface area contributed by atoms with Crippen molar-refractivity contribution in [1.82, 2.24) is 0 Å². The molecule has 6 heavy (non-hydrogen) atoms. The molecule has 0 aromatic heterocycles. The second-order valence-electron chi connectivity index (χ2n) is 0.519. The van der Waals surface area contributed by atoms with Gasteiger partial charge in [-0.15, -0.1) is 0 Å². The molecule has 32 valence electrons. The van der Waals surface area contributed by atoms with E-state index in [0.29, 0.717) is 0 Å². The molecule has 0 aliphatic heterocycles. The summed E-state index contributed by atoms with van der Waals surface area (Å²) in [4.78, 5) is 9.00. The molecule has 0 amide bonds. The Morgan fingerprint density at radius 3 is 1.67 bits per heavy atom. The van der Waals surface area contributed by atoms with Gasteiger partial charge in [-0.05, 0) is 0 Å². The Bertz CT molecular complexity index is 34.5. The van der Waals surface area contributed by atoms with Crippen LogP contribution in [0.5, 0.6) is 0 Å². The quantitative estimate of drug-likeness (QED) is 0.497. The summed E-state index contributed by atoms with van der Waals surface area (Å²) < 4.78 is 0. The molecule has 0 fully saturated rings. The maximum Gasteiger partial charge on any atom is 0.316 e. The van der Waals surface area contributed by atoms with Gasteiger partial charge >= 0.3 is 71.9 Å². The third-order valence-electron chi connectivity index (χ3n) is 0. The van der Waals surface area contributed by atoms with Crippen molar-refractivity contribution in [2.24, 2.45) is 0 Å². The SMILES string of the molecule is CC(=O)O.[BaH2].[MgH2]. The van der Waals surface area contributed by atoms with E-state index in [1.807, 2.05) is 0 Å². The van der Waals surface area contributed by atoms with Gasteiger partial charge in [-0.2, -0.15) is 0 Å². The summed E-state index contributed by atoms with van der Waals surface area (Å²) in [6.45, 7) is 1.08. The molecule has 0 radical (unpaired) electrons. The summed E-state index contributed by atoms with van der Waals surface area (Å²) in [5, 5.41) is 7.42. The maximum atomic E-state index is 9.00. The molecule has 0 aliphatic rings. The Hall–Kier alpha value is 1.81. The average Bonchev–Trinajstić information content (AvgIpc) is 0.811. The molecule has 0 aromatic rings. The Morgan fingerprint density at radius 1 is 1.67 bits per heavy atom. The van der Waals surface area contributed by atoms with Crippen molar-refractivity contribution < 1.29 is 9.90 Å². The molecule has 0 aromatic carbocycles. The van der Waals surface area contributed by atoms with Crippen LogP contribution < -0.4 is 0 Å². The molecule has 0 saturated carbocycles. The van der Waals surface area contributed by atoms with E-state index in [1.54, 1.807) is 0 Å². The fourth-order valence-corrected chi connectivity index (χ4v) is 0. The van der Waals surface area contributed by atoms with Gasteiger partial charge in [-0.25, -0.2) is 0 Å². The zero-order valence-corrected chi connectivity index (χ0v) is 2.36. The first-order valence-corrected chi connectivity index (χ1v) is 0.928. The summed E-state index contributed by atoms with van der Waals surface area (Å²) in [6, 6.07) is 0. The molecule has 0 spiro atoms. The maximum absolute atomic E-state index is 9.00. The van der Waals surface area contributed by atoms with Crippen LogP contribution in [0.25, 0.3) is 0 Å². The fraction of sp³-hybridized carbons (Fsp3) is 0.500. The third kappa shape index (κ3) is 41.1. The van der Waals surface area contributed by atoms with Crippen LogP contribution in [0.4, 0.5) is 0 Å². The largest absolute Gasteiger partial charge is 0.316 e. The standard InChI is InChI=1S/C2H4O2.Ba.Mg.4H/c1-2(3)4;;;;;;/h1H3,(H,3,4);;;;;;. The minimum atomic E-state index is -0.833. The fourth-order valence-electron chi connectivity index (χ4n) is 0. The van der Waals surface area contributed by atoms with E-state index in [1.165, 1.54) is 0 Å². The Labute approximate surface area is 92.9 Å². The second kappa shape index (κ2) is 9.93. The number of hydrogen-bond donors (Lipinski definition) is 1. The first-order valence-electron chi connectivity index (χ1n) is 0.928. The Balaban J connectivity index is -0.0000000450. The van der Waals surface area contributed by atoms with Crippen molar-refractivity contribution in [3.8, 4) is 0 Å². The molecule has 0 bridgehead atoms. The van der Waals surface area contributed by atoms with Crippen LogP contribution in [0.2, 0.25) is 0 Å². The van der Waals surface area contributed by atoms with Crippen molar-refractivity contribution in [2.75, 3.05) is 0 Å². The van der Waals surface area contributed by atoms with Gasteiger partial charge in [0.05, 0.1) is 0 Å². The predicted molar refractivity (Wildman–Crippen MR) is 30.4 cm³/mol. The number of rotatable bonds is 0. The van der Waals surface area contributed by atoms with E-state index < -0.39 is 5.97 Å². The Morgan fingerprint density at radius 2 is 1.67 bits per heavy atom. The first kappa shape index (κ1) is 15.7. The molecule has 0 heterocycles. The zero-order valence-electron chi connectivity index (χ0n) is 2.36. The van der Waals surface area contributed by atoms with E-state index in [4.69, 9.17) is 9.90 Å². The van der Waals surface area contributed by atoms with Crippen LogP contribution in [-0.2, 0) is 4.79 Å². The second-order valence-corrected chi connectivity index (χ2v) is 0.519. The summed E-state index contributed by atoms with van der Waals surface area (Å²) in [7, 11) is 0. The summed E-state index contributed by atoms with van der Waals surface area (Å²) in [6.07, 6.45) is 0. The third-order valence-corrected chi connectivity index (χ3v) is 0. The van der Waals surface area contributed by atoms with Crippen molar-refractivity contribution in [2.45, 2.75) is 6.92 Å². The number of carboxylic acid groups (broad SMARTS) is 1. The first-order chi connectivity index (χ1) is 1.73. The summed E-state index contributed by atoms with van der Waals surface area (Å²) in [5.74, 6) is -0.833. The van der Waals surface area contributed by atoms with Gasteiger partial charge in [0.1, 0.15) is 0 Å². The van der Waals surface area contributed by atoms with Crippen LogP contribution in [0.15, 0.2) is 0 Å². The topological polar surface area (TPSA) is 37.3 Å². The minimum absolute atomic E-state index is 0. The van der Waals surface area contributed by atoms with Crippen LogP contribution in [0.1, 0.15) is 6.92 Å². The average molecular weight is 226 g/mol. The van der Waals surface area contributed by atoms with Crippen LogP contribution >= 0.6 is 0 Å². The van der Waals surface area contributed by atoms with Gasteiger partial charge in [0.25, 0.3) is 5.97 Å². The molecule has 2 nitrogen and oxygen atoms in total. The van der Waals surface area contributed by atoms with E-state index in [-0.39, 0.29) is 71.9 Å². The van der Waals surface area contributed by atoms with E-state index in [9.17, 15) is 0 Å². The van der Waals surface area contributed by atoms with Gasteiger partial charge in [0, 0.05) is 6.92 Å². The molecule has 0 rings (SSSR count). The molecule has 1 N–H and O–H groups in total. The number of hydrogen-bond acceptors (Lipinski definition) is 1. The van der Waals surface area contributed by atoms with E-state index in [0.717, 1.165) is 6.92 Å². The summed E-state index contributed by atoms with van der Waals surface area (Å²) >= 11 is 0. The monoisotopic (exact) mass is 226 g/mol. The zero-order chi connectivity index (χ0) is 3.58. The van der Waals surface area contributed by atoms with Crippen LogP contribution in [0, 0.1) is 0 Å². The Kier molecular flexibility index (Phi) is 25.9. The van der Waals surface area contributed by atoms with Crippen molar-refractivity contribution >= 4 is 77.9 Å². The molecule has 0 atom stereocenters. The van der Waals surface area contributed by atoms with E-state index >= 15 is 0 Å². The molecular formula is C2H8BaMgO2. The predicted octanol–water partition coefficient (Wildman–Crippen LogP) is -1.74. The molecule has 0 aliphatic carbocycles. The minimum Gasteiger partial charge on any atom is 0.316 e. The number of aliphatic carboxylic acids is 1. The molecular weight excluding hydrogens is 218 g/mol. The van der Waals surface area contributed by atoms with Gasteiger partial charge in [0.15, 0.2) is 0 Å². The van der Waals surface area contributed by atoms with Gasteiger partial charge in [0.2, 0.25) is 0 Å². The number of carbonyl (C=O) groups is 1. The van der Waals surface area contributed by atoms with Crippen molar-refractivity contribution in [3.63, 3.8) is 0 Å². The molecule has 0 unspecified atom stereocenters. The van der Waals surface area contributed by atoms with Gasteiger partial charge in [-0.1, -0.05) is 0 Å². The summed E-state index contributed by atoms with van der Waals surface area (Å²) in [5.41, 5.74) is 0. The smallest absolute Gasteiger partial charge is 0.316 e.